The van der Waals surface area contributed by atoms with Crippen molar-refractivity contribution in [2.45, 2.75) is 73.3 Å². The number of Topliss-reactive ketones (excluding diaryl/α,β-unsaturated/α-hetero) is 3. The molecule has 3 aliphatic carbocycles. The minimum atomic E-state index is -2.68. The van der Waals surface area contributed by atoms with Crippen molar-refractivity contribution in [3.8, 4) is 5.75 Å². The molecule has 0 aliphatic heterocycles. The van der Waals surface area contributed by atoms with Gasteiger partial charge in [0, 0.05) is 34.3 Å². The molecule has 1 aromatic carbocycles. The zero-order valence-electron chi connectivity index (χ0n) is 24.2. The number of aliphatic hydroxyl groups excluding tert-OH is 2. The van der Waals surface area contributed by atoms with E-state index in [1.165, 1.54) is 12.2 Å². The lowest BCUT2D eigenvalue weighted by Crippen LogP contribution is -2.72. The maximum atomic E-state index is 14.5. The standard InChI is InChI=1S/C32H38O8/c1-9-19(34)12-10-18-11-13-20-15(4)30(7)17(6)31(8)23(14(2)3)26(36)21(16(5)33)28(38)32(31,40)29(39)24(30)27(37)22(20)25(18)35/h10-15,17,23,35,37-38,40H,9H2,1-8H3/b12-10+/t15-,17-,23?,30-,31-,32+/m1/s1. The highest BCUT2D eigenvalue weighted by Gasteiger charge is 2.75. The number of hydrogen-bond acceptors (Lipinski definition) is 8. The lowest BCUT2D eigenvalue weighted by atomic mass is 9.38. The van der Waals surface area contributed by atoms with E-state index in [2.05, 4.69) is 0 Å². The van der Waals surface area contributed by atoms with Crippen LogP contribution in [-0.4, -0.2) is 49.2 Å². The second-order valence-electron chi connectivity index (χ2n) is 12.3. The molecule has 8 nitrogen and oxygen atoms in total. The molecule has 0 saturated heterocycles. The van der Waals surface area contributed by atoms with Gasteiger partial charge in [0.1, 0.15) is 22.8 Å². The van der Waals surface area contributed by atoms with Gasteiger partial charge in [-0.25, -0.2) is 0 Å². The average Bonchev–Trinajstić information content (AvgIpc) is 2.87. The number of hydrogen-bond donors (Lipinski definition) is 4. The molecule has 0 amide bonds. The van der Waals surface area contributed by atoms with E-state index in [9.17, 15) is 39.6 Å². The van der Waals surface area contributed by atoms with Crippen LogP contribution in [0.4, 0.5) is 0 Å². The lowest BCUT2D eigenvalue weighted by Gasteiger charge is -2.64. The van der Waals surface area contributed by atoms with Crippen molar-refractivity contribution in [3.63, 3.8) is 0 Å². The predicted octanol–water partition coefficient (Wildman–Crippen LogP) is 4.99. The Hall–Kier alpha value is -3.52. The largest absolute Gasteiger partial charge is 0.508 e. The van der Waals surface area contributed by atoms with Gasteiger partial charge in [-0.3, -0.25) is 19.2 Å². The van der Waals surface area contributed by atoms with Crippen LogP contribution in [0.2, 0.25) is 0 Å². The number of rotatable bonds is 5. The fourth-order valence-corrected chi connectivity index (χ4v) is 7.81. The van der Waals surface area contributed by atoms with Crippen LogP contribution in [0.25, 0.3) is 11.8 Å². The second kappa shape index (κ2) is 9.26. The summed E-state index contributed by atoms with van der Waals surface area (Å²) in [5, 5.41) is 46.6. The molecule has 4 N–H and O–H groups in total. The highest BCUT2D eigenvalue weighted by Crippen LogP contribution is 2.70. The van der Waals surface area contributed by atoms with Gasteiger partial charge < -0.3 is 20.4 Å². The summed E-state index contributed by atoms with van der Waals surface area (Å²) in [6, 6.07) is 3.36. The normalized spacial score (nSPS) is 33.8. The van der Waals surface area contributed by atoms with Crippen LogP contribution in [0.3, 0.4) is 0 Å². The van der Waals surface area contributed by atoms with Gasteiger partial charge in [-0.1, -0.05) is 60.6 Å². The summed E-state index contributed by atoms with van der Waals surface area (Å²) < 4.78 is 0. The summed E-state index contributed by atoms with van der Waals surface area (Å²) in [7, 11) is 0. The Bertz CT molecular complexity index is 1460. The van der Waals surface area contributed by atoms with E-state index in [0.29, 0.717) is 5.56 Å². The van der Waals surface area contributed by atoms with Crippen LogP contribution in [-0.2, 0) is 19.2 Å². The molecule has 1 unspecified atom stereocenters. The molecule has 0 spiro atoms. The third-order valence-electron chi connectivity index (χ3n) is 10.3. The Kier molecular flexibility index (Phi) is 6.82. The Morgan fingerprint density at radius 1 is 1.07 bits per heavy atom. The summed E-state index contributed by atoms with van der Waals surface area (Å²) in [6.45, 7) is 13.4. The Balaban J connectivity index is 2.10. The zero-order chi connectivity index (χ0) is 30.3. The SMILES string of the molecule is CCC(=O)/C=C/c1ccc2c(c1O)C(O)=C1C(=O)[C@@]3(O)C(O)=C(C(C)=O)C(=O)C(C(C)C)[C@@]3(C)[C@H](C)[C@@]1(C)[C@@H]2C. The van der Waals surface area contributed by atoms with E-state index in [-0.39, 0.29) is 34.7 Å². The maximum Gasteiger partial charge on any atom is 0.203 e. The molecule has 0 radical (unpaired) electrons. The minimum Gasteiger partial charge on any atom is -0.508 e. The number of fused-ring (bicyclic) bond motifs is 3. The van der Waals surface area contributed by atoms with Crippen molar-refractivity contribution in [2.75, 3.05) is 0 Å². The van der Waals surface area contributed by atoms with Crippen LogP contribution < -0.4 is 0 Å². The number of aliphatic hydroxyl groups is 3. The van der Waals surface area contributed by atoms with E-state index in [1.807, 2.05) is 6.92 Å². The summed E-state index contributed by atoms with van der Waals surface area (Å²) >= 11 is 0. The first kappa shape index (κ1) is 29.5. The topological polar surface area (TPSA) is 149 Å². The van der Waals surface area contributed by atoms with Crippen molar-refractivity contribution in [1.82, 2.24) is 0 Å². The number of carbonyl (C=O) groups excluding carboxylic acids is 4. The van der Waals surface area contributed by atoms with Gasteiger partial charge in [0.2, 0.25) is 5.78 Å². The predicted molar refractivity (Wildman–Crippen MR) is 149 cm³/mol. The molecule has 6 atom stereocenters. The van der Waals surface area contributed by atoms with Crippen molar-refractivity contribution < 1.29 is 39.6 Å². The number of ketones is 4. The zero-order valence-corrected chi connectivity index (χ0v) is 24.2. The molecule has 1 aromatic rings. The van der Waals surface area contributed by atoms with Gasteiger partial charge in [-0.2, -0.15) is 0 Å². The molecule has 214 valence electrons. The van der Waals surface area contributed by atoms with Crippen LogP contribution in [0.5, 0.6) is 5.75 Å². The van der Waals surface area contributed by atoms with E-state index in [1.54, 1.807) is 53.7 Å². The molecule has 8 heteroatoms. The van der Waals surface area contributed by atoms with Crippen LogP contribution in [0.1, 0.15) is 84.4 Å². The number of allylic oxidation sites excluding steroid dienone is 2. The van der Waals surface area contributed by atoms with Gasteiger partial charge in [0.05, 0.1) is 5.56 Å². The number of benzene rings is 1. The van der Waals surface area contributed by atoms with Crippen LogP contribution >= 0.6 is 0 Å². The van der Waals surface area contributed by atoms with E-state index < -0.39 is 74.5 Å². The summed E-state index contributed by atoms with van der Waals surface area (Å²) in [4.78, 5) is 52.6. The van der Waals surface area contributed by atoms with Gasteiger partial charge in [-0.15, -0.1) is 0 Å². The van der Waals surface area contributed by atoms with Crippen molar-refractivity contribution in [2.24, 2.45) is 28.6 Å². The first-order valence-corrected chi connectivity index (χ1v) is 13.7. The molecule has 0 aromatic heterocycles. The first-order chi connectivity index (χ1) is 18.4. The van der Waals surface area contributed by atoms with Crippen molar-refractivity contribution >= 4 is 35.0 Å². The van der Waals surface area contributed by atoms with Gasteiger partial charge in [-0.05, 0) is 42.4 Å². The van der Waals surface area contributed by atoms with Crippen LogP contribution in [0.15, 0.2) is 35.1 Å². The summed E-state index contributed by atoms with van der Waals surface area (Å²) in [5.41, 5.74) is -5.35. The monoisotopic (exact) mass is 550 g/mol. The summed E-state index contributed by atoms with van der Waals surface area (Å²) in [6.07, 6.45) is 3.03. The Morgan fingerprint density at radius 2 is 1.68 bits per heavy atom. The quantitative estimate of drug-likeness (QED) is 0.296. The van der Waals surface area contributed by atoms with E-state index in [0.717, 1.165) is 6.92 Å². The molecule has 0 bridgehead atoms. The number of carbonyl (C=O) groups is 4. The summed E-state index contributed by atoms with van der Waals surface area (Å²) in [5.74, 6) is -7.00. The number of aromatic hydroxyl groups is 1. The van der Waals surface area contributed by atoms with Crippen molar-refractivity contribution in [1.29, 1.82) is 0 Å². The molecular formula is C32H38O8. The Morgan fingerprint density at radius 3 is 2.20 bits per heavy atom. The van der Waals surface area contributed by atoms with Gasteiger partial charge in [0.15, 0.2) is 23.0 Å². The highest BCUT2D eigenvalue weighted by atomic mass is 16.3. The lowest BCUT2D eigenvalue weighted by molar-refractivity contribution is -0.195. The number of phenols is 1. The molecule has 1 saturated carbocycles. The third kappa shape index (κ3) is 3.35. The molecular weight excluding hydrogens is 512 g/mol. The second-order valence-corrected chi connectivity index (χ2v) is 12.3. The van der Waals surface area contributed by atoms with Crippen molar-refractivity contribution in [3.05, 3.63) is 51.8 Å². The van der Waals surface area contributed by atoms with Gasteiger partial charge in [0.25, 0.3) is 0 Å². The third-order valence-corrected chi connectivity index (χ3v) is 10.3. The molecule has 3 aliphatic rings. The van der Waals surface area contributed by atoms with E-state index in [4.69, 9.17) is 0 Å². The molecule has 1 fully saturated rings. The van der Waals surface area contributed by atoms with Crippen LogP contribution in [0, 0.1) is 28.6 Å². The Labute approximate surface area is 234 Å². The smallest absolute Gasteiger partial charge is 0.203 e. The minimum absolute atomic E-state index is 0.00128. The molecule has 0 heterocycles. The molecule has 40 heavy (non-hydrogen) atoms. The maximum absolute atomic E-state index is 14.5. The molecule has 4 rings (SSSR count). The highest BCUT2D eigenvalue weighted by molar-refractivity contribution is 6.24. The van der Waals surface area contributed by atoms with E-state index >= 15 is 0 Å². The number of phenolic OH excluding ortho intramolecular Hbond substituents is 1. The fraction of sp³-hybridized carbons (Fsp3) is 0.500. The first-order valence-electron chi connectivity index (χ1n) is 13.7. The van der Waals surface area contributed by atoms with Gasteiger partial charge >= 0.3 is 0 Å². The fourth-order valence-electron chi connectivity index (χ4n) is 7.81. The average molecular weight is 551 g/mol.